The Morgan fingerprint density at radius 2 is 1.83 bits per heavy atom. The smallest absolute Gasteiger partial charge is 0.219 e. The van der Waals surface area contributed by atoms with Gasteiger partial charge in [0, 0.05) is 69.8 Å². The maximum atomic E-state index is 15.0. The van der Waals surface area contributed by atoms with Gasteiger partial charge in [-0.1, -0.05) is 12.1 Å². The molecule has 8 nitrogen and oxygen atoms in total. The fourth-order valence-corrected chi connectivity index (χ4v) is 6.63. The molecular formula is C32H34FN5O3S. The van der Waals surface area contributed by atoms with Crippen molar-refractivity contribution in [2.24, 2.45) is 11.7 Å². The lowest BCUT2D eigenvalue weighted by Crippen LogP contribution is -2.49. The fraction of sp³-hybridized carbons (Fsp3) is 0.375. The minimum atomic E-state index is -0.526. The van der Waals surface area contributed by atoms with E-state index in [2.05, 4.69) is 16.0 Å². The number of aromatic nitrogens is 2. The van der Waals surface area contributed by atoms with Gasteiger partial charge in [-0.15, -0.1) is 11.3 Å². The third kappa shape index (κ3) is 6.51. The van der Waals surface area contributed by atoms with E-state index in [9.17, 15) is 9.59 Å². The van der Waals surface area contributed by atoms with Crippen molar-refractivity contribution >= 4 is 33.2 Å². The van der Waals surface area contributed by atoms with Crippen molar-refractivity contribution in [3.8, 4) is 22.1 Å². The molecule has 2 N–H and O–H groups in total. The molecule has 1 amide bonds. The molecule has 6 rings (SSSR count). The molecule has 0 spiro atoms. The Balaban J connectivity index is 1.10. The quantitative estimate of drug-likeness (QED) is 0.288. The van der Waals surface area contributed by atoms with Gasteiger partial charge in [0.2, 0.25) is 5.91 Å². The van der Waals surface area contributed by atoms with Gasteiger partial charge in [0.25, 0.3) is 0 Å². The number of pyridine rings is 2. The number of likely N-dealkylation sites (tertiary alicyclic amines) is 2. The Morgan fingerprint density at radius 1 is 1.05 bits per heavy atom. The van der Waals surface area contributed by atoms with Gasteiger partial charge in [-0.2, -0.15) is 0 Å². The van der Waals surface area contributed by atoms with Crippen LogP contribution in [0, 0.1) is 11.7 Å². The summed E-state index contributed by atoms with van der Waals surface area (Å²) in [5.74, 6) is 0.329. The predicted molar refractivity (Wildman–Crippen MR) is 161 cm³/mol. The van der Waals surface area contributed by atoms with Crippen molar-refractivity contribution in [2.75, 3.05) is 26.2 Å². The number of benzene rings is 1. The average Bonchev–Trinajstić information content (AvgIpc) is 3.39. The number of piperidine rings is 1. The maximum absolute atomic E-state index is 15.0. The molecule has 5 heterocycles. The summed E-state index contributed by atoms with van der Waals surface area (Å²) in [5, 5.41) is 0. The van der Waals surface area contributed by atoms with Gasteiger partial charge >= 0.3 is 0 Å². The number of hydrogen-bond donors (Lipinski definition) is 1. The summed E-state index contributed by atoms with van der Waals surface area (Å²) in [6.07, 6.45) is 6.18. The van der Waals surface area contributed by atoms with Crippen LogP contribution < -0.4 is 10.5 Å². The van der Waals surface area contributed by atoms with Crippen LogP contribution >= 0.6 is 11.3 Å². The summed E-state index contributed by atoms with van der Waals surface area (Å²) in [4.78, 5) is 38.1. The van der Waals surface area contributed by atoms with Crippen LogP contribution in [0.5, 0.6) is 11.5 Å². The number of hydrogen-bond acceptors (Lipinski definition) is 8. The number of ketones is 1. The maximum Gasteiger partial charge on any atom is 0.219 e. The van der Waals surface area contributed by atoms with Crippen LogP contribution in [0.3, 0.4) is 0 Å². The van der Waals surface area contributed by atoms with Gasteiger partial charge in [0.05, 0.1) is 20.8 Å². The highest BCUT2D eigenvalue weighted by molar-refractivity contribution is 7.22. The van der Waals surface area contributed by atoms with Crippen molar-refractivity contribution in [2.45, 2.75) is 45.2 Å². The predicted octanol–water partition coefficient (Wildman–Crippen LogP) is 5.19. The third-order valence-electron chi connectivity index (χ3n) is 8.03. The molecule has 2 aliphatic rings. The second-order valence-corrected chi connectivity index (χ2v) is 12.4. The monoisotopic (exact) mass is 587 g/mol. The molecule has 42 heavy (non-hydrogen) atoms. The number of carbonyl (C=O) groups excluding carboxylic acids is 2. The molecule has 0 atom stereocenters. The van der Waals surface area contributed by atoms with Crippen LogP contribution in [0.2, 0.25) is 0 Å². The molecule has 1 aromatic carbocycles. The molecule has 0 radical (unpaired) electrons. The Hall–Kier alpha value is -3.73. The second kappa shape index (κ2) is 12.2. The lowest BCUT2D eigenvalue weighted by Gasteiger charge is -2.38. The van der Waals surface area contributed by atoms with Gasteiger partial charge in [-0.3, -0.25) is 24.5 Å². The number of carbonyl (C=O) groups is 2. The van der Waals surface area contributed by atoms with Crippen molar-refractivity contribution in [3.05, 3.63) is 71.8 Å². The number of nitrogens with zero attached hydrogens (tertiary/aromatic N) is 4. The molecule has 0 bridgehead atoms. The number of ether oxygens (including phenoxy) is 1. The van der Waals surface area contributed by atoms with Gasteiger partial charge < -0.3 is 15.4 Å². The molecule has 0 saturated carbocycles. The Bertz CT molecular complexity index is 1590. The summed E-state index contributed by atoms with van der Waals surface area (Å²) < 4.78 is 21.9. The highest BCUT2D eigenvalue weighted by atomic mass is 32.1. The normalized spacial score (nSPS) is 16.5. The number of nitrogens with two attached hydrogens (primary N) is 1. The molecular weight excluding hydrogens is 553 g/mol. The van der Waals surface area contributed by atoms with E-state index in [1.807, 2.05) is 18.3 Å². The number of halogens is 1. The van der Waals surface area contributed by atoms with Crippen LogP contribution in [-0.4, -0.2) is 63.7 Å². The molecule has 2 fully saturated rings. The Kier molecular flexibility index (Phi) is 8.28. The van der Waals surface area contributed by atoms with Gasteiger partial charge in [0.15, 0.2) is 11.6 Å². The first kappa shape index (κ1) is 28.4. The molecule has 2 aliphatic heterocycles. The van der Waals surface area contributed by atoms with Crippen LogP contribution in [0.25, 0.3) is 20.8 Å². The molecule has 10 heteroatoms. The summed E-state index contributed by atoms with van der Waals surface area (Å²) >= 11 is 1.50. The van der Waals surface area contributed by atoms with Crippen molar-refractivity contribution in [1.82, 2.24) is 19.8 Å². The number of fused-ring (bicyclic) bond motifs is 1. The third-order valence-corrected chi connectivity index (χ3v) is 9.19. The number of amides is 1. The lowest BCUT2D eigenvalue weighted by atomic mass is 9.92. The van der Waals surface area contributed by atoms with E-state index in [-0.39, 0.29) is 29.8 Å². The van der Waals surface area contributed by atoms with Crippen LogP contribution in [0.1, 0.15) is 37.3 Å². The van der Waals surface area contributed by atoms with Gasteiger partial charge in [0.1, 0.15) is 11.5 Å². The van der Waals surface area contributed by atoms with Crippen LogP contribution in [0.15, 0.2) is 54.9 Å². The van der Waals surface area contributed by atoms with E-state index >= 15 is 4.39 Å². The highest BCUT2D eigenvalue weighted by Crippen LogP contribution is 2.39. The van der Waals surface area contributed by atoms with E-state index in [1.165, 1.54) is 29.9 Å². The number of rotatable bonds is 9. The molecule has 3 aromatic heterocycles. The zero-order valence-electron chi connectivity index (χ0n) is 23.6. The standard InChI is InChI=1S/C32H34FN5O3S/c1-20(39)38-18-23(19-38)13-25(40)12-21-3-5-29(26(33)14-21)41-30-6-9-35-28-15-31(42-32(28)30)27-4-2-22(16-36-27)17-37-10-7-24(34)8-11-37/h2-6,9,14-16,23-24H,7-8,10-13,17-19,34H2,1H3. The first-order valence-corrected chi connectivity index (χ1v) is 15.2. The second-order valence-electron chi connectivity index (χ2n) is 11.4. The van der Waals surface area contributed by atoms with Crippen LogP contribution in [0.4, 0.5) is 4.39 Å². The molecule has 0 unspecified atom stereocenters. The zero-order chi connectivity index (χ0) is 29.2. The van der Waals surface area contributed by atoms with Crippen molar-refractivity contribution in [3.63, 3.8) is 0 Å². The summed E-state index contributed by atoms with van der Waals surface area (Å²) in [6.45, 7) is 5.65. The molecule has 4 aromatic rings. The highest BCUT2D eigenvalue weighted by Gasteiger charge is 2.30. The minimum Gasteiger partial charge on any atom is -0.453 e. The lowest BCUT2D eigenvalue weighted by molar-refractivity contribution is -0.137. The van der Waals surface area contributed by atoms with E-state index in [0.29, 0.717) is 36.9 Å². The molecule has 0 aliphatic carbocycles. The average molecular weight is 588 g/mol. The summed E-state index contributed by atoms with van der Waals surface area (Å²) in [7, 11) is 0. The zero-order valence-corrected chi connectivity index (χ0v) is 24.4. The first-order chi connectivity index (χ1) is 20.3. The van der Waals surface area contributed by atoms with E-state index in [1.54, 1.807) is 29.3 Å². The Morgan fingerprint density at radius 3 is 2.55 bits per heavy atom. The molecule has 218 valence electrons. The number of thiophene rings is 1. The van der Waals surface area contributed by atoms with Crippen molar-refractivity contribution < 1.29 is 18.7 Å². The van der Waals surface area contributed by atoms with E-state index < -0.39 is 5.82 Å². The first-order valence-electron chi connectivity index (χ1n) is 14.4. The minimum absolute atomic E-state index is 0.0297. The summed E-state index contributed by atoms with van der Waals surface area (Å²) in [5.41, 5.74) is 9.40. The van der Waals surface area contributed by atoms with E-state index in [4.69, 9.17) is 15.5 Å². The van der Waals surface area contributed by atoms with Crippen LogP contribution in [-0.2, 0) is 22.6 Å². The fourth-order valence-electron chi connectivity index (χ4n) is 5.59. The van der Waals surface area contributed by atoms with Gasteiger partial charge in [-0.05, 0) is 61.3 Å². The topological polar surface area (TPSA) is 102 Å². The largest absolute Gasteiger partial charge is 0.453 e. The Labute approximate surface area is 248 Å². The molecule has 2 saturated heterocycles. The van der Waals surface area contributed by atoms with E-state index in [0.717, 1.165) is 53.3 Å². The van der Waals surface area contributed by atoms with Gasteiger partial charge in [-0.25, -0.2) is 4.39 Å². The SMILES string of the molecule is CC(=O)N1CC(CC(=O)Cc2ccc(Oc3ccnc4cc(-c5ccc(CN6CCC(N)CC6)cn5)sc34)c(F)c2)C1. The summed E-state index contributed by atoms with van der Waals surface area (Å²) in [6, 6.07) is 12.8. The van der Waals surface area contributed by atoms with Crippen molar-refractivity contribution in [1.29, 1.82) is 0 Å². The number of Topliss-reactive ketones (excluding diaryl/α,β-unsaturated/α-hetero) is 1.